The molecule has 21 heavy (non-hydrogen) atoms. The summed E-state index contributed by atoms with van der Waals surface area (Å²) in [6, 6.07) is -1.35. The van der Waals surface area contributed by atoms with Gasteiger partial charge in [0, 0.05) is 26.2 Å². The van der Waals surface area contributed by atoms with Crippen LogP contribution in [0.1, 0.15) is 26.2 Å². The zero-order valence-corrected chi connectivity index (χ0v) is 13.2. The van der Waals surface area contributed by atoms with Crippen LogP contribution < -0.4 is 5.32 Å². The van der Waals surface area contributed by atoms with Crippen LogP contribution in [0.4, 0.5) is 4.79 Å². The highest BCUT2D eigenvalue weighted by molar-refractivity contribution is 7.88. The van der Waals surface area contributed by atoms with Crippen molar-refractivity contribution < 1.29 is 23.1 Å². The molecule has 9 heteroatoms. The molecule has 1 aliphatic heterocycles. The fourth-order valence-electron chi connectivity index (χ4n) is 2.13. The van der Waals surface area contributed by atoms with E-state index in [2.05, 4.69) is 5.32 Å². The predicted molar refractivity (Wildman–Crippen MR) is 77.5 cm³/mol. The number of sulfonamides is 1. The molecule has 0 radical (unpaired) electrons. The van der Waals surface area contributed by atoms with Crippen LogP contribution in [-0.4, -0.2) is 73.2 Å². The van der Waals surface area contributed by atoms with Gasteiger partial charge in [0.1, 0.15) is 6.04 Å². The van der Waals surface area contributed by atoms with E-state index in [1.807, 2.05) is 6.92 Å². The Morgan fingerprint density at radius 1 is 1.24 bits per heavy atom. The number of aliphatic carboxylic acids is 1. The standard InChI is InChI=1S/C12H23N3O5S/c1-3-4-5-10(11(16)17)13-12(18)14-6-8-15(9-7-14)21(2,19)20/h10H,3-9H2,1-2H3,(H,13,18)(H,16,17)/t10-/m0/s1. The van der Waals surface area contributed by atoms with Crippen molar-refractivity contribution in [3.63, 3.8) is 0 Å². The van der Waals surface area contributed by atoms with Gasteiger partial charge in [-0.05, 0) is 6.42 Å². The number of carboxylic acid groups (broad SMARTS) is 1. The van der Waals surface area contributed by atoms with Crippen LogP contribution in [0.5, 0.6) is 0 Å². The lowest BCUT2D eigenvalue weighted by Crippen LogP contribution is -2.55. The molecule has 1 saturated heterocycles. The number of nitrogens with zero attached hydrogens (tertiary/aromatic N) is 2. The molecule has 0 unspecified atom stereocenters. The largest absolute Gasteiger partial charge is 0.480 e. The number of carbonyl (C=O) groups excluding carboxylic acids is 1. The average Bonchev–Trinajstić information content (AvgIpc) is 2.42. The Bertz CT molecular complexity index is 471. The number of nitrogens with one attached hydrogen (secondary N) is 1. The molecule has 1 aliphatic rings. The third-order valence-electron chi connectivity index (χ3n) is 3.44. The van der Waals surface area contributed by atoms with Gasteiger partial charge in [-0.15, -0.1) is 0 Å². The third-order valence-corrected chi connectivity index (χ3v) is 4.74. The minimum Gasteiger partial charge on any atom is -0.480 e. The highest BCUT2D eigenvalue weighted by Gasteiger charge is 2.28. The second-order valence-electron chi connectivity index (χ2n) is 5.13. The maximum atomic E-state index is 12.0. The number of unbranched alkanes of at least 4 members (excludes halogenated alkanes) is 1. The van der Waals surface area contributed by atoms with E-state index in [0.29, 0.717) is 6.42 Å². The van der Waals surface area contributed by atoms with Crippen molar-refractivity contribution in [2.24, 2.45) is 0 Å². The topological polar surface area (TPSA) is 107 Å². The van der Waals surface area contributed by atoms with Gasteiger partial charge < -0.3 is 15.3 Å². The maximum absolute atomic E-state index is 12.0. The lowest BCUT2D eigenvalue weighted by molar-refractivity contribution is -0.139. The highest BCUT2D eigenvalue weighted by atomic mass is 32.2. The van der Waals surface area contributed by atoms with Gasteiger partial charge in [0.05, 0.1) is 6.26 Å². The Hall–Kier alpha value is -1.35. The first-order chi connectivity index (χ1) is 9.75. The van der Waals surface area contributed by atoms with E-state index in [1.54, 1.807) is 0 Å². The van der Waals surface area contributed by atoms with Crippen LogP contribution >= 0.6 is 0 Å². The monoisotopic (exact) mass is 321 g/mol. The molecule has 0 bridgehead atoms. The zero-order valence-electron chi connectivity index (χ0n) is 12.4. The Morgan fingerprint density at radius 2 is 1.81 bits per heavy atom. The average molecular weight is 321 g/mol. The van der Waals surface area contributed by atoms with Crippen LogP contribution in [0.25, 0.3) is 0 Å². The minimum atomic E-state index is -3.24. The molecule has 1 fully saturated rings. The van der Waals surface area contributed by atoms with E-state index in [1.165, 1.54) is 9.21 Å². The first kappa shape index (κ1) is 17.7. The molecule has 0 aliphatic carbocycles. The van der Waals surface area contributed by atoms with Crippen molar-refractivity contribution in [3.05, 3.63) is 0 Å². The van der Waals surface area contributed by atoms with Crippen molar-refractivity contribution in [1.29, 1.82) is 0 Å². The number of rotatable bonds is 6. The highest BCUT2D eigenvalue weighted by Crippen LogP contribution is 2.07. The fraction of sp³-hybridized carbons (Fsp3) is 0.833. The summed E-state index contributed by atoms with van der Waals surface area (Å²) in [5, 5.41) is 11.6. The van der Waals surface area contributed by atoms with Crippen molar-refractivity contribution in [2.75, 3.05) is 32.4 Å². The molecular weight excluding hydrogens is 298 g/mol. The number of carbonyl (C=O) groups is 2. The van der Waals surface area contributed by atoms with Crippen LogP contribution in [0.3, 0.4) is 0 Å². The van der Waals surface area contributed by atoms with Gasteiger partial charge in [-0.2, -0.15) is 4.31 Å². The summed E-state index contributed by atoms with van der Waals surface area (Å²) in [6.07, 6.45) is 3.10. The van der Waals surface area contributed by atoms with Crippen molar-refractivity contribution in [1.82, 2.24) is 14.5 Å². The van der Waals surface area contributed by atoms with E-state index in [-0.39, 0.29) is 26.2 Å². The van der Waals surface area contributed by atoms with Crippen molar-refractivity contribution in [2.45, 2.75) is 32.2 Å². The van der Waals surface area contributed by atoms with E-state index >= 15 is 0 Å². The second-order valence-corrected chi connectivity index (χ2v) is 7.11. The molecule has 0 saturated carbocycles. The van der Waals surface area contributed by atoms with Gasteiger partial charge in [0.25, 0.3) is 0 Å². The van der Waals surface area contributed by atoms with Gasteiger partial charge in [-0.1, -0.05) is 19.8 Å². The molecular formula is C12H23N3O5S. The quantitative estimate of drug-likeness (QED) is 0.711. The lowest BCUT2D eigenvalue weighted by atomic mass is 10.1. The second kappa shape index (κ2) is 7.60. The molecule has 0 spiro atoms. The number of hydrogen-bond acceptors (Lipinski definition) is 4. The first-order valence-electron chi connectivity index (χ1n) is 6.99. The van der Waals surface area contributed by atoms with E-state index in [9.17, 15) is 18.0 Å². The Kier molecular flexibility index (Phi) is 6.41. The summed E-state index contributed by atoms with van der Waals surface area (Å²) in [5.41, 5.74) is 0. The third kappa shape index (κ3) is 5.50. The van der Waals surface area contributed by atoms with E-state index < -0.39 is 28.1 Å². The number of urea groups is 1. The summed E-state index contributed by atoms with van der Waals surface area (Å²) < 4.78 is 24.1. The lowest BCUT2D eigenvalue weighted by Gasteiger charge is -2.33. The predicted octanol–water partition coefficient (Wildman–Crippen LogP) is -0.0834. The zero-order chi connectivity index (χ0) is 16.0. The smallest absolute Gasteiger partial charge is 0.326 e. The number of amides is 2. The summed E-state index contributed by atoms with van der Waals surface area (Å²) in [5.74, 6) is -1.05. The van der Waals surface area contributed by atoms with Crippen LogP contribution in [0, 0.1) is 0 Å². The van der Waals surface area contributed by atoms with Gasteiger partial charge in [-0.25, -0.2) is 18.0 Å². The minimum absolute atomic E-state index is 0.235. The number of piperazine rings is 1. The van der Waals surface area contributed by atoms with Crippen molar-refractivity contribution >= 4 is 22.0 Å². The molecule has 0 aromatic rings. The van der Waals surface area contributed by atoms with Crippen molar-refractivity contribution in [3.8, 4) is 0 Å². The SMILES string of the molecule is CCCC[C@H](NC(=O)N1CCN(S(C)(=O)=O)CC1)C(=O)O. The fourth-order valence-corrected chi connectivity index (χ4v) is 2.96. The molecule has 8 nitrogen and oxygen atoms in total. The normalized spacial score (nSPS) is 18.3. The Balaban J connectivity index is 2.51. The maximum Gasteiger partial charge on any atom is 0.326 e. The Labute approximate surface area is 125 Å². The van der Waals surface area contributed by atoms with E-state index in [0.717, 1.165) is 19.1 Å². The summed E-state index contributed by atoms with van der Waals surface area (Å²) in [7, 11) is -3.24. The summed E-state index contributed by atoms with van der Waals surface area (Å²) >= 11 is 0. The Morgan fingerprint density at radius 3 is 2.24 bits per heavy atom. The molecule has 122 valence electrons. The van der Waals surface area contributed by atoms with Gasteiger partial charge in [-0.3, -0.25) is 0 Å². The molecule has 0 aromatic heterocycles. The molecule has 1 atom stereocenters. The van der Waals surface area contributed by atoms with E-state index in [4.69, 9.17) is 5.11 Å². The van der Waals surface area contributed by atoms with Crippen LogP contribution in [-0.2, 0) is 14.8 Å². The molecule has 2 amide bonds. The summed E-state index contributed by atoms with van der Waals surface area (Å²) in [4.78, 5) is 24.6. The van der Waals surface area contributed by atoms with Gasteiger partial charge >= 0.3 is 12.0 Å². The number of carboxylic acids is 1. The first-order valence-corrected chi connectivity index (χ1v) is 8.84. The molecule has 2 N–H and O–H groups in total. The summed E-state index contributed by atoms with van der Waals surface area (Å²) in [6.45, 7) is 2.95. The molecule has 1 heterocycles. The van der Waals surface area contributed by atoms with Crippen LogP contribution in [0.15, 0.2) is 0 Å². The molecule has 0 aromatic carbocycles. The molecule has 1 rings (SSSR count). The number of hydrogen-bond donors (Lipinski definition) is 2. The van der Waals surface area contributed by atoms with Gasteiger partial charge in [0.15, 0.2) is 0 Å². The van der Waals surface area contributed by atoms with Crippen LogP contribution in [0.2, 0.25) is 0 Å². The van der Waals surface area contributed by atoms with Gasteiger partial charge in [0.2, 0.25) is 10.0 Å².